The Hall–Kier alpha value is -1.91. The van der Waals surface area contributed by atoms with Crippen molar-refractivity contribution in [2.45, 2.75) is 6.92 Å². The highest BCUT2D eigenvalue weighted by Gasteiger charge is 2.01. The van der Waals surface area contributed by atoms with Gasteiger partial charge in [0, 0.05) is 11.8 Å². The Balaban J connectivity index is 2.81. The topological polar surface area (TPSA) is 79.3 Å². The van der Waals surface area contributed by atoms with Crippen molar-refractivity contribution >= 4 is 17.7 Å². The van der Waals surface area contributed by atoms with Crippen LogP contribution in [0, 0.1) is 0 Å². The van der Waals surface area contributed by atoms with E-state index in [1.807, 2.05) is 0 Å². The Morgan fingerprint density at radius 1 is 1.46 bits per heavy atom. The molecule has 0 aromatic carbocycles. The number of rotatable bonds is 2. The van der Waals surface area contributed by atoms with Crippen LogP contribution in [0.25, 0.3) is 0 Å². The maximum absolute atomic E-state index is 10.8. The number of pyridine rings is 1. The normalized spacial score (nSPS) is 9.31. The number of carbonyl (C=O) groups excluding carboxylic acids is 1. The van der Waals surface area contributed by atoms with E-state index >= 15 is 0 Å². The minimum atomic E-state index is -1.18. The predicted molar refractivity (Wildman–Crippen MR) is 45.9 cm³/mol. The largest absolute Gasteiger partial charge is 0.465 e. The molecule has 0 atom stereocenters. The molecule has 0 bridgehead atoms. The van der Waals surface area contributed by atoms with E-state index < -0.39 is 6.09 Å². The summed E-state index contributed by atoms with van der Waals surface area (Å²) < 4.78 is 0. The molecule has 68 valence electrons. The van der Waals surface area contributed by atoms with Gasteiger partial charge in [-0.2, -0.15) is 0 Å². The Bertz CT molecular complexity index is 332. The van der Waals surface area contributed by atoms with E-state index in [0.29, 0.717) is 5.56 Å². The van der Waals surface area contributed by atoms with Crippen molar-refractivity contribution in [2.24, 2.45) is 0 Å². The SMILES string of the molecule is CC(=O)c1ccc(NC(=O)O)nc1. The molecule has 1 amide bonds. The van der Waals surface area contributed by atoms with Crippen LogP contribution in [-0.4, -0.2) is 22.0 Å². The van der Waals surface area contributed by atoms with Crippen LogP contribution in [0.1, 0.15) is 17.3 Å². The van der Waals surface area contributed by atoms with Crippen molar-refractivity contribution < 1.29 is 14.7 Å². The Morgan fingerprint density at radius 3 is 2.54 bits per heavy atom. The van der Waals surface area contributed by atoms with Gasteiger partial charge in [-0.05, 0) is 19.1 Å². The first-order valence-electron chi connectivity index (χ1n) is 3.56. The number of nitrogens with zero attached hydrogens (tertiary/aromatic N) is 1. The van der Waals surface area contributed by atoms with Gasteiger partial charge < -0.3 is 5.11 Å². The first-order valence-corrected chi connectivity index (χ1v) is 3.56. The van der Waals surface area contributed by atoms with E-state index in [4.69, 9.17) is 5.11 Å². The third-order valence-electron chi connectivity index (χ3n) is 1.41. The molecule has 1 heterocycles. The van der Waals surface area contributed by atoms with Crippen molar-refractivity contribution in [3.05, 3.63) is 23.9 Å². The zero-order valence-electron chi connectivity index (χ0n) is 6.94. The molecule has 5 nitrogen and oxygen atoms in total. The minimum Gasteiger partial charge on any atom is -0.465 e. The molecule has 0 spiro atoms. The molecule has 1 aromatic heterocycles. The van der Waals surface area contributed by atoms with Crippen molar-refractivity contribution in [3.8, 4) is 0 Å². The molecular weight excluding hydrogens is 172 g/mol. The number of carboxylic acid groups (broad SMARTS) is 1. The van der Waals surface area contributed by atoms with Gasteiger partial charge in [0.1, 0.15) is 5.82 Å². The van der Waals surface area contributed by atoms with Gasteiger partial charge in [-0.1, -0.05) is 0 Å². The van der Waals surface area contributed by atoms with Gasteiger partial charge >= 0.3 is 6.09 Å². The highest BCUT2D eigenvalue weighted by molar-refractivity contribution is 5.94. The third kappa shape index (κ3) is 2.55. The van der Waals surface area contributed by atoms with Gasteiger partial charge in [0.2, 0.25) is 0 Å². The number of hydrogen-bond donors (Lipinski definition) is 2. The van der Waals surface area contributed by atoms with Crippen molar-refractivity contribution in [1.82, 2.24) is 4.98 Å². The van der Waals surface area contributed by atoms with Crippen LogP contribution < -0.4 is 5.32 Å². The Morgan fingerprint density at radius 2 is 2.15 bits per heavy atom. The average Bonchev–Trinajstić information content (AvgIpc) is 2.04. The number of carbonyl (C=O) groups is 2. The summed E-state index contributed by atoms with van der Waals surface area (Å²) in [5.74, 6) is 0.104. The zero-order chi connectivity index (χ0) is 9.84. The number of Topliss-reactive ketones (excluding diaryl/α,β-unsaturated/α-hetero) is 1. The van der Waals surface area contributed by atoms with Gasteiger partial charge in [-0.25, -0.2) is 9.78 Å². The molecule has 13 heavy (non-hydrogen) atoms. The fourth-order valence-electron chi connectivity index (χ4n) is 0.786. The van der Waals surface area contributed by atoms with Crippen LogP contribution in [-0.2, 0) is 0 Å². The highest BCUT2D eigenvalue weighted by Crippen LogP contribution is 2.04. The second-order valence-corrected chi connectivity index (χ2v) is 2.42. The molecular formula is C8H8N2O3. The fraction of sp³-hybridized carbons (Fsp3) is 0.125. The zero-order valence-corrected chi connectivity index (χ0v) is 6.94. The Labute approximate surface area is 74.4 Å². The first-order chi connectivity index (χ1) is 6.09. The predicted octanol–water partition coefficient (Wildman–Crippen LogP) is 1.37. The molecule has 5 heteroatoms. The maximum atomic E-state index is 10.8. The summed E-state index contributed by atoms with van der Waals surface area (Å²) in [7, 11) is 0. The number of hydrogen-bond acceptors (Lipinski definition) is 3. The van der Waals surface area contributed by atoms with Gasteiger partial charge in [-0.15, -0.1) is 0 Å². The van der Waals surface area contributed by atoms with Crippen LogP contribution in [0.5, 0.6) is 0 Å². The quantitative estimate of drug-likeness (QED) is 0.673. The van der Waals surface area contributed by atoms with Crippen molar-refractivity contribution in [3.63, 3.8) is 0 Å². The summed E-state index contributed by atoms with van der Waals surface area (Å²) in [5.41, 5.74) is 0.455. The number of aromatic nitrogens is 1. The van der Waals surface area contributed by atoms with Crippen molar-refractivity contribution in [2.75, 3.05) is 5.32 Å². The summed E-state index contributed by atoms with van der Waals surface area (Å²) in [6.45, 7) is 1.42. The molecule has 0 aliphatic rings. The van der Waals surface area contributed by atoms with E-state index in [1.165, 1.54) is 25.3 Å². The van der Waals surface area contributed by atoms with Gasteiger partial charge in [0.05, 0.1) is 0 Å². The molecule has 0 aliphatic heterocycles. The van der Waals surface area contributed by atoms with Crippen LogP contribution >= 0.6 is 0 Å². The lowest BCUT2D eigenvalue weighted by Crippen LogP contribution is -2.08. The molecule has 0 aliphatic carbocycles. The van der Waals surface area contributed by atoms with E-state index in [1.54, 1.807) is 0 Å². The monoisotopic (exact) mass is 180 g/mol. The number of ketones is 1. The molecule has 0 saturated heterocycles. The smallest absolute Gasteiger partial charge is 0.410 e. The first kappa shape index (κ1) is 9.18. The second kappa shape index (κ2) is 3.66. The standard InChI is InChI=1S/C8H8N2O3/c1-5(11)6-2-3-7(9-4-6)10-8(12)13/h2-4H,1H3,(H,9,10)(H,12,13). The minimum absolute atomic E-state index is 0.102. The molecule has 2 N–H and O–H groups in total. The van der Waals surface area contributed by atoms with Gasteiger partial charge in [0.15, 0.2) is 5.78 Å². The van der Waals surface area contributed by atoms with Gasteiger partial charge in [-0.3, -0.25) is 10.1 Å². The number of nitrogens with one attached hydrogen (secondary N) is 1. The highest BCUT2D eigenvalue weighted by atomic mass is 16.4. The van der Waals surface area contributed by atoms with Crippen LogP contribution in [0.15, 0.2) is 18.3 Å². The summed E-state index contributed by atoms with van der Waals surface area (Å²) in [6.07, 6.45) is 0.149. The summed E-state index contributed by atoms with van der Waals surface area (Å²) in [5, 5.41) is 10.4. The number of amides is 1. The maximum Gasteiger partial charge on any atom is 0.410 e. The van der Waals surface area contributed by atoms with Crippen LogP contribution in [0.4, 0.5) is 10.6 Å². The third-order valence-corrected chi connectivity index (χ3v) is 1.41. The molecule has 0 fully saturated rings. The summed E-state index contributed by atoms with van der Waals surface area (Å²) in [6, 6.07) is 2.95. The number of anilines is 1. The van der Waals surface area contributed by atoms with E-state index in [2.05, 4.69) is 10.3 Å². The molecule has 1 aromatic rings. The van der Waals surface area contributed by atoms with E-state index in [0.717, 1.165) is 0 Å². The summed E-state index contributed by atoms with van der Waals surface area (Å²) in [4.78, 5) is 24.7. The van der Waals surface area contributed by atoms with E-state index in [-0.39, 0.29) is 11.6 Å². The summed E-state index contributed by atoms with van der Waals surface area (Å²) >= 11 is 0. The molecule has 1 rings (SSSR count). The van der Waals surface area contributed by atoms with Crippen LogP contribution in [0.3, 0.4) is 0 Å². The lowest BCUT2D eigenvalue weighted by Gasteiger charge is -1.99. The van der Waals surface area contributed by atoms with Crippen molar-refractivity contribution in [1.29, 1.82) is 0 Å². The Kier molecular flexibility index (Phi) is 2.59. The fourth-order valence-corrected chi connectivity index (χ4v) is 0.786. The average molecular weight is 180 g/mol. The lowest BCUT2D eigenvalue weighted by atomic mass is 10.2. The van der Waals surface area contributed by atoms with Gasteiger partial charge in [0.25, 0.3) is 0 Å². The lowest BCUT2D eigenvalue weighted by molar-refractivity contribution is 0.101. The molecule has 0 unspecified atom stereocenters. The van der Waals surface area contributed by atoms with Crippen LogP contribution in [0.2, 0.25) is 0 Å². The molecule has 0 saturated carbocycles. The second-order valence-electron chi connectivity index (χ2n) is 2.42. The molecule has 0 radical (unpaired) electrons. The van der Waals surface area contributed by atoms with E-state index in [9.17, 15) is 9.59 Å².